The molecule has 41 heavy (non-hydrogen) atoms. The van der Waals surface area contributed by atoms with E-state index in [0.29, 0.717) is 50.9 Å². The Kier molecular flexibility index (Phi) is 8.90. The van der Waals surface area contributed by atoms with Crippen LogP contribution >= 0.6 is 0 Å². The highest BCUT2D eigenvalue weighted by atomic mass is 16.7. The topological polar surface area (TPSA) is 123 Å². The van der Waals surface area contributed by atoms with Crippen molar-refractivity contribution in [1.29, 1.82) is 0 Å². The van der Waals surface area contributed by atoms with Crippen molar-refractivity contribution in [3.63, 3.8) is 0 Å². The van der Waals surface area contributed by atoms with Crippen LogP contribution in [0.3, 0.4) is 0 Å². The number of imidazole rings is 1. The average molecular weight is 564 g/mol. The molecule has 0 spiro atoms. The van der Waals surface area contributed by atoms with Crippen LogP contribution in [-0.4, -0.2) is 71.1 Å². The number of fused-ring (bicyclic) bond motifs is 1. The van der Waals surface area contributed by atoms with Crippen molar-refractivity contribution in [1.82, 2.24) is 14.5 Å². The monoisotopic (exact) mass is 563 g/mol. The van der Waals surface area contributed by atoms with Crippen molar-refractivity contribution in [2.45, 2.75) is 50.9 Å². The number of benzene rings is 2. The molecule has 3 aromatic rings. The summed E-state index contributed by atoms with van der Waals surface area (Å²) in [6.45, 7) is 3.29. The summed E-state index contributed by atoms with van der Waals surface area (Å²) >= 11 is 0. The lowest BCUT2D eigenvalue weighted by molar-refractivity contribution is -0.170. The number of hydrogen-bond donors (Lipinski definition) is 2. The van der Waals surface area contributed by atoms with Gasteiger partial charge in [-0.2, -0.15) is 0 Å². The number of rotatable bonds is 9. The molecule has 0 aliphatic carbocycles. The minimum Gasteiger partial charge on any atom is -0.465 e. The number of nitrogens with one attached hydrogen (secondary N) is 1. The van der Waals surface area contributed by atoms with E-state index in [1.54, 1.807) is 21.6 Å². The Morgan fingerprint density at radius 2 is 1.83 bits per heavy atom. The quantitative estimate of drug-likeness (QED) is 0.380. The van der Waals surface area contributed by atoms with Crippen molar-refractivity contribution >= 4 is 22.9 Å². The summed E-state index contributed by atoms with van der Waals surface area (Å²) in [5, 5.41) is 9.54. The molecule has 218 valence electrons. The summed E-state index contributed by atoms with van der Waals surface area (Å²) in [7, 11) is 1.34. The second-order valence-corrected chi connectivity index (χ2v) is 10.5. The van der Waals surface area contributed by atoms with E-state index in [2.05, 4.69) is 4.98 Å². The molecular formula is C31H37N3O7. The van der Waals surface area contributed by atoms with Gasteiger partial charge in [0.05, 0.1) is 23.7 Å². The van der Waals surface area contributed by atoms with E-state index in [1.165, 1.54) is 7.11 Å². The van der Waals surface area contributed by atoms with E-state index in [9.17, 15) is 19.5 Å². The van der Waals surface area contributed by atoms with E-state index in [0.717, 1.165) is 16.6 Å². The number of esters is 1. The molecule has 2 aromatic carbocycles. The first kappa shape index (κ1) is 28.6. The van der Waals surface area contributed by atoms with Gasteiger partial charge in [0, 0.05) is 44.2 Å². The second kappa shape index (κ2) is 12.7. The third-order valence-electron chi connectivity index (χ3n) is 8.08. The molecule has 2 aliphatic heterocycles. The van der Waals surface area contributed by atoms with Crippen LogP contribution < -0.4 is 5.69 Å². The molecule has 0 unspecified atom stereocenters. The molecule has 1 saturated heterocycles. The predicted octanol–water partition coefficient (Wildman–Crippen LogP) is 3.73. The third-order valence-corrected chi connectivity index (χ3v) is 8.08. The summed E-state index contributed by atoms with van der Waals surface area (Å²) in [4.78, 5) is 43.1. The van der Waals surface area contributed by atoms with Crippen molar-refractivity contribution in [2.24, 2.45) is 5.92 Å². The lowest BCUT2D eigenvalue weighted by atomic mass is 9.80. The Labute approximate surface area is 238 Å². The molecule has 2 N–H and O–H groups in total. The van der Waals surface area contributed by atoms with Crippen LogP contribution in [0, 0.1) is 5.92 Å². The van der Waals surface area contributed by atoms with Crippen molar-refractivity contribution < 1.29 is 28.9 Å². The number of amides is 1. The summed E-state index contributed by atoms with van der Waals surface area (Å²) in [5.41, 5.74) is 2.89. The molecule has 0 radical (unpaired) electrons. The molecule has 1 aromatic heterocycles. The highest BCUT2D eigenvalue weighted by Crippen LogP contribution is 2.40. The summed E-state index contributed by atoms with van der Waals surface area (Å²) in [5.74, 6) is -0.760. The highest BCUT2D eigenvalue weighted by Gasteiger charge is 2.39. The number of methoxy groups -OCH3 is 1. The fourth-order valence-corrected chi connectivity index (χ4v) is 6.02. The Balaban J connectivity index is 1.38. The van der Waals surface area contributed by atoms with Gasteiger partial charge in [-0.1, -0.05) is 24.3 Å². The minimum absolute atomic E-state index is 0.0101. The largest absolute Gasteiger partial charge is 0.465 e. The molecule has 10 nitrogen and oxygen atoms in total. The second-order valence-electron chi connectivity index (χ2n) is 10.5. The number of nitrogens with zero attached hydrogens (tertiary/aromatic N) is 2. The summed E-state index contributed by atoms with van der Waals surface area (Å²) in [6.07, 6.45) is 3.67. The molecule has 1 fully saturated rings. The maximum Gasteiger partial charge on any atom is 0.337 e. The number of allylic oxidation sites excluding steroid dienone is 1. The minimum atomic E-state index is -0.664. The van der Waals surface area contributed by atoms with E-state index in [4.69, 9.17) is 14.2 Å². The zero-order valence-electron chi connectivity index (χ0n) is 23.5. The molecule has 2 aliphatic rings. The Hall–Kier alpha value is -3.89. The number of H-pyrrole nitrogens is 1. The SMILES string of the molecule is CCO[C@H]1OC(C(=O)N2CCC(n3c(=O)[nH]c4ccccc43)CC2)=C[C@@H](c2ccc(C(=O)OC)cc2)[C@H]1CCCO. The number of likely N-dealkylation sites (tertiary alicyclic amines) is 1. The fourth-order valence-electron chi connectivity index (χ4n) is 6.02. The first-order chi connectivity index (χ1) is 19.9. The zero-order chi connectivity index (χ0) is 28.9. The van der Waals surface area contributed by atoms with Crippen LogP contribution in [0.25, 0.3) is 11.0 Å². The Morgan fingerprint density at radius 1 is 1.10 bits per heavy atom. The van der Waals surface area contributed by atoms with Crippen LogP contribution in [0.1, 0.15) is 60.5 Å². The maximum absolute atomic E-state index is 13.8. The van der Waals surface area contributed by atoms with Crippen LogP contribution in [0.4, 0.5) is 0 Å². The van der Waals surface area contributed by atoms with Gasteiger partial charge in [-0.05, 0) is 68.5 Å². The predicted molar refractivity (Wildman–Crippen MR) is 152 cm³/mol. The molecule has 3 heterocycles. The smallest absolute Gasteiger partial charge is 0.337 e. The summed E-state index contributed by atoms with van der Waals surface area (Å²) < 4.78 is 18.8. The molecule has 1 amide bonds. The molecule has 0 bridgehead atoms. The van der Waals surface area contributed by atoms with Gasteiger partial charge in [-0.3, -0.25) is 9.36 Å². The van der Waals surface area contributed by atoms with Crippen molar-refractivity contribution in [3.05, 3.63) is 82.0 Å². The molecule has 3 atom stereocenters. The number of aliphatic hydroxyl groups is 1. The lowest BCUT2D eigenvalue weighted by Crippen LogP contribution is -2.44. The van der Waals surface area contributed by atoms with E-state index < -0.39 is 12.3 Å². The average Bonchev–Trinajstić information content (AvgIpc) is 3.35. The Bertz CT molecular complexity index is 1450. The third kappa shape index (κ3) is 5.94. The van der Waals surface area contributed by atoms with Crippen LogP contribution in [0.2, 0.25) is 0 Å². The molecular weight excluding hydrogens is 526 g/mol. The van der Waals surface area contributed by atoms with Gasteiger partial charge in [0.15, 0.2) is 5.76 Å². The van der Waals surface area contributed by atoms with Crippen LogP contribution in [0.5, 0.6) is 0 Å². The van der Waals surface area contributed by atoms with Gasteiger partial charge in [0.25, 0.3) is 5.91 Å². The van der Waals surface area contributed by atoms with Crippen molar-refractivity contribution in [3.8, 4) is 0 Å². The standard InChI is InChI=1S/C31H37N3O7/c1-3-40-30-23(7-6-18-35)24(20-10-12-21(13-11-20)29(37)39-2)19-27(41-30)28(36)33-16-14-22(15-17-33)34-26-9-5-4-8-25(26)32-31(34)38/h4-5,8-13,19,22-24,30,35H,3,6-7,14-18H2,1-2H3,(H,32,38)/t23-,24+,30+/m1/s1. The van der Waals surface area contributed by atoms with Gasteiger partial charge in [-0.15, -0.1) is 0 Å². The fraction of sp³-hybridized carbons (Fsp3) is 0.452. The van der Waals surface area contributed by atoms with Crippen LogP contribution in [0.15, 0.2) is 65.2 Å². The number of aliphatic hydroxyl groups excluding tert-OH is 1. The van der Waals surface area contributed by atoms with E-state index in [-0.39, 0.29) is 41.8 Å². The molecule has 5 rings (SSSR count). The highest BCUT2D eigenvalue weighted by molar-refractivity contribution is 5.92. The zero-order valence-corrected chi connectivity index (χ0v) is 23.5. The number of aromatic nitrogens is 2. The lowest BCUT2D eigenvalue weighted by Gasteiger charge is -2.39. The number of hydrogen-bond acceptors (Lipinski definition) is 7. The van der Waals surface area contributed by atoms with Gasteiger partial charge in [0.1, 0.15) is 0 Å². The normalized spacial score (nSPS) is 21.4. The van der Waals surface area contributed by atoms with E-state index >= 15 is 0 Å². The van der Waals surface area contributed by atoms with Crippen LogP contribution in [-0.2, 0) is 19.0 Å². The first-order valence-corrected chi connectivity index (χ1v) is 14.2. The van der Waals surface area contributed by atoms with Crippen molar-refractivity contribution in [2.75, 3.05) is 33.4 Å². The number of carbonyl (C=O) groups excluding carboxylic acids is 2. The number of ether oxygens (including phenoxy) is 3. The van der Waals surface area contributed by atoms with Gasteiger partial charge < -0.3 is 29.2 Å². The van der Waals surface area contributed by atoms with E-state index in [1.807, 2.05) is 49.4 Å². The number of para-hydroxylation sites is 2. The summed E-state index contributed by atoms with van der Waals surface area (Å²) in [6, 6.07) is 14.8. The number of aromatic amines is 1. The first-order valence-electron chi connectivity index (χ1n) is 14.2. The molecule has 10 heteroatoms. The number of piperidine rings is 1. The van der Waals surface area contributed by atoms with Gasteiger partial charge in [-0.25, -0.2) is 9.59 Å². The Morgan fingerprint density at radius 3 is 2.51 bits per heavy atom. The van der Waals surface area contributed by atoms with Gasteiger partial charge >= 0.3 is 11.7 Å². The number of carbonyl (C=O) groups is 2. The maximum atomic E-state index is 13.8. The van der Waals surface area contributed by atoms with Gasteiger partial charge in [0.2, 0.25) is 6.29 Å². The molecule has 0 saturated carbocycles.